The van der Waals surface area contributed by atoms with Crippen LogP contribution in [0.1, 0.15) is 29.7 Å². The van der Waals surface area contributed by atoms with Gasteiger partial charge in [0.25, 0.3) is 0 Å². The van der Waals surface area contributed by atoms with Crippen LogP contribution in [0.15, 0.2) is 48.5 Å². The fraction of sp³-hybridized carbons (Fsp3) is 0.0455. The van der Waals surface area contributed by atoms with E-state index in [1.165, 1.54) is 0 Å². The smallest absolute Gasteiger partial charge is 0.0659 e. The van der Waals surface area contributed by atoms with Crippen molar-refractivity contribution in [2.75, 3.05) is 0 Å². The summed E-state index contributed by atoms with van der Waals surface area (Å²) in [5, 5.41) is 0. The van der Waals surface area contributed by atoms with Crippen molar-refractivity contribution < 1.29 is 21.1 Å². The van der Waals surface area contributed by atoms with Crippen LogP contribution in [-0.2, 0) is 21.1 Å². The van der Waals surface area contributed by atoms with Crippen LogP contribution in [0.2, 0.25) is 0 Å². The normalized spacial score (nSPS) is 11.5. The minimum atomic E-state index is 0. The summed E-state index contributed by atoms with van der Waals surface area (Å²) in [6.45, 7) is 5.00. The van der Waals surface area contributed by atoms with Gasteiger partial charge in [-0.1, -0.05) is 0 Å². The van der Waals surface area contributed by atoms with Gasteiger partial charge in [-0.15, -0.1) is 0 Å². The van der Waals surface area contributed by atoms with Crippen LogP contribution in [0, 0.1) is 6.92 Å². The molecule has 27 heavy (non-hydrogen) atoms. The van der Waals surface area contributed by atoms with Crippen LogP contribution in [0.5, 0.6) is 0 Å². The second-order valence-corrected chi connectivity index (χ2v) is 5.91. The Morgan fingerprint density at radius 2 is 0.889 bits per heavy atom. The maximum Gasteiger partial charge on any atom is 0.0659 e. The topological polar surface area (TPSA) is 57.4 Å². The number of aromatic amines is 2. The first kappa shape index (κ1) is 19.1. The molecule has 2 N–H and O–H groups in total. The van der Waals surface area contributed by atoms with Gasteiger partial charge in [0.2, 0.25) is 0 Å². The monoisotopic (exact) mass is 534 g/mol. The van der Waals surface area contributed by atoms with E-state index in [1.54, 1.807) is 6.92 Å². The number of nitrogens with one attached hydrogen (secondary N) is 2. The Kier molecular flexibility index (Phi) is 5.87. The number of nitrogens with zero attached hydrogens (tertiary/aromatic N) is 2. The molecule has 3 aromatic rings. The molecule has 2 aliphatic heterocycles. The maximum absolute atomic E-state index is 4.62. The van der Waals surface area contributed by atoms with Crippen LogP contribution in [0.25, 0.3) is 46.4 Å². The molecule has 2 aliphatic rings. The number of hydrogen-bond acceptors (Lipinski definition) is 2. The van der Waals surface area contributed by atoms with Crippen molar-refractivity contribution in [2.45, 2.75) is 6.92 Å². The zero-order valence-corrected chi connectivity index (χ0v) is 17.1. The quantitative estimate of drug-likeness (QED) is 0.258. The maximum atomic E-state index is 4.62. The third-order valence-electron chi connectivity index (χ3n) is 4.04. The van der Waals surface area contributed by atoms with Crippen molar-refractivity contribution in [3.05, 3.63) is 78.2 Å². The van der Waals surface area contributed by atoms with Crippen molar-refractivity contribution in [1.82, 2.24) is 19.9 Å². The van der Waals surface area contributed by atoms with Gasteiger partial charge < -0.3 is 16.9 Å². The Balaban J connectivity index is 0.000000680. The van der Waals surface area contributed by atoms with E-state index in [-0.39, 0.29) is 21.1 Å². The van der Waals surface area contributed by atoms with Gasteiger partial charge in [0, 0.05) is 43.1 Å². The molecule has 0 unspecified atom stereocenters. The zero-order chi connectivity index (χ0) is 17.9. The van der Waals surface area contributed by atoms with E-state index in [4.69, 9.17) is 0 Å². The summed E-state index contributed by atoms with van der Waals surface area (Å²) in [6, 6.07) is 16.4. The number of rotatable bonds is 0. The average Bonchev–Trinajstić information content (AvgIpc) is 3.42. The van der Waals surface area contributed by atoms with Gasteiger partial charge in [0.1, 0.15) is 0 Å². The molecule has 0 fully saturated rings. The third-order valence-corrected chi connectivity index (χ3v) is 4.04. The largest absolute Gasteiger partial charge is 0.355 e. The Morgan fingerprint density at radius 3 is 1.30 bits per heavy atom. The van der Waals surface area contributed by atoms with Crippen LogP contribution >= 0.6 is 0 Å². The standard InChI is InChI=1S/C20H14N4.C2H5.Pt/c1-2-14-10-16-5-6-18(23-16)12-20-8-7-19(24-20)11-17-4-3-15(22-17)9-13(1)21-14;1-2;/h1-12,21-22H;1H2,2H3;/q;-1;. The molecule has 0 aromatic carbocycles. The van der Waals surface area contributed by atoms with Gasteiger partial charge in [-0.2, -0.15) is 6.92 Å². The molecule has 0 spiro atoms. The number of fused-ring (bicyclic) bond motifs is 8. The van der Waals surface area contributed by atoms with Gasteiger partial charge in [-0.25, -0.2) is 9.97 Å². The molecule has 5 rings (SSSR count). The molecule has 0 atom stereocenters. The van der Waals surface area contributed by atoms with Crippen LogP contribution in [-0.4, -0.2) is 19.9 Å². The summed E-state index contributed by atoms with van der Waals surface area (Å²) in [5.74, 6) is 0. The summed E-state index contributed by atoms with van der Waals surface area (Å²) in [7, 11) is 0. The SMILES string of the molecule is C1=Cc2cc3ccc(cc4ccc(cc5nc(cc1n2)C=C5)[nH]4)[nH]3.[CH2-]C.[Pt]. The molecule has 0 aliphatic carbocycles. The first-order valence-electron chi connectivity index (χ1n) is 8.55. The van der Waals surface area contributed by atoms with E-state index >= 15 is 0 Å². The summed E-state index contributed by atoms with van der Waals surface area (Å²) in [5.41, 5.74) is 7.86. The number of H-pyrrole nitrogens is 2. The molecular weight excluding hydrogens is 515 g/mol. The van der Waals surface area contributed by atoms with Gasteiger partial charge in [-0.3, -0.25) is 0 Å². The van der Waals surface area contributed by atoms with Crippen molar-refractivity contribution in [2.24, 2.45) is 0 Å². The van der Waals surface area contributed by atoms with Gasteiger partial charge in [0.05, 0.1) is 22.8 Å². The van der Waals surface area contributed by atoms with Crippen molar-refractivity contribution in [1.29, 1.82) is 0 Å². The first-order chi connectivity index (χ1) is 12.8. The molecule has 8 bridgehead atoms. The van der Waals surface area contributed by atoms with E-state index in [2.05, 4.69) is 57.2 Å². The molecule has 4 nitrogen and oxygen atoms in total. The van der Waals surface area contributed by atoms with E-state index in [1.807, 2.05) is 42.5 Å². The second-order valence-electron chi connectivity index (χ2n) is 5.91. The minimum absolute atomic E-state index is 0. The number of aromatic nitrogens is 4. The summed E-state index contributed by atoms with van der Waals surface area (Å²) in [6.07, 6.45) is 8.05. The predicted octanol–water partition coefficient (Wildman–Crippen LogP) is 5.49. The molecule has 138 valence electrons. The Labute approximate surface area is 172 Å². The van der Waals surface area contributed by atoms with Crippen LogP contribution < -0.4 is 0 Å². The van der Waals surface area contributed by atoms with Gasteiger partial charge >= 0.3 is 0 Å². The molecule has 3 aromatic heterocycles. The van der Waals surface area contributed by atoms with Crippen LogP contribution in [0.3, 0.4) is 0 Å². The Morgan fingerprint density at radius 1 is 0.556 bits per heavy atom. The Hall–Kier alpha value is -2.71. The molecule has 0 saturated carbocycles. The second kappa shape index (κ2) is 8.32. The van der Waals surface area contributed by atoms with E-state index in [0.717, 1.165) is 44.8 Å². The van der Waals surface area contributed by atoms with Gasteiger partial charge in [0.15, 0.2) is 0 Å². The summed E-state index contributed by atoms with van der Waals surface area (Å²) >= 11 is 0. The molecular formula is C22H19N4Pt-. The number of hydrogen-bond donors (Lipinski definition) is 2. The molecule has 5 heteroatoms. The minimum Gasteiger partial charge on any atom is -0.355 e. The van der Waals surface area contributed by atoms with E-state index < -0.39 is 0 Å². The van der Waals surface area contributed by atoms with Crippen molar-refractivity contribution in [3.63, 3.8) is 0 Å². The fourth-order valence-electron chi connectivity index (χ4n) is 2.94. The van der Waals surface area contributed by atoms with Crippen LogP contribution in [0.4, 0.5) is 0 Å². The van der Waals surface area contributed by atoms with E-state index in [0.29, 0.717) is 0 Å². The third kappa shape index (κ3) is 4.34. The van der Waals surface area contributed by atoms with Crippen molar-refractivity contribution in [3.8, 4) is 0 Å². The average molecular weight is 534 g/mol. The first-order valence-corrected chi connectivity index (χ1v) is 8.55. The summed E-state index contributed by atoms with van der Waals surface area (Å²) in [4.78, 5) is 16.0. The predicted molar refractivity (Wildman–Crippen MR) is 110 cm³/mol. The van der Waals surface area contributed by atoms with E-state index in [9.17, 15) is 0 Å². The molecule has 0 radical (unpaired) electrons. The Bertz CT molecular complexity index is 1080. The summed E-state index contributed by atoms with van der Waals surface area (Å²) < 4.78 is 0. The van der Waals surface area contributed by atoms with Crippen molar-refractivity contribution >= 4 is 46.4 Å². The fourth-order valence-corrected chi connectivity index (χ4v) is 2.94. The molecule has 0 amide bonds. The van der Waals surface area contributed by atoms with Gasteiger partial charge in [-0.05, 0) is 72.8 Å². The molecule has 0 saturated heterocycles. The molecule has 5 heterocycles. The zero-order valence-electron chi connectivity index (χ0n) is 14.8.